The number of esters is 1. The number of allylic oxidation sites excluding steroid dienone is 2. The Hall–Kier alpha value is -2.48. The number of hydrogen-bond acceptors (Lipinski definition) is 8. The summed E-state index contributed by atoms with van der Waals surface area (Å²) in [6, 6.07) is 5.08. The number of benzene rings is 1. The van der Waals surface area contributed by atoms with E-state index in [1.165, 1.54) is 6.07 Å². The standard InChI is InChI=1S/C19H22BBrN2O6/c1-5-27-19(24)15-10(4)29-18(23)12(8-22)16(15)11-6-13(20(25)26)17(14(21)7-11)28-9(2)3/h6-7,9,16,25-26H,5,23H2,1-4H3. The van der Waals surface area contributed by atoms with Crippen molar-refractivity contribution in [2.45, 2.75) is 39.7 Å². The van der Waals surface area contributed by atoms with E-state index in [0.717, 1.165) is 0 Å². The lowest BCUT2D eigenvalue weighted by Crippen LogP contribution is -2.34. The third kappa shape index (κ3) is 4.75. The number of ether oxygens (including phenoxy) is 3. The fraction of sp³-hybridized carbons (Fsp3) is 0.368. The van der Waals surface area contributed by atoms with E-state index < -0.39 is 19.0 Å². The lowest BCUT2D eigenvalue weighted by Gasteiger charge is -2.28. The van der Waals surface area contributed by atoms with Crippen LogP contribution in [0, 0.1) is 11.3 Å². The molecule has 10 heteroatoms. The van der Waals surface area contributed by atoms with Crippen LogP contribution in [0.4, 0.5) is 0 Å². The fourth-order valence-electron chi connectivity index (χ4n) is 3.04. The largest absolute Gasteiger partial charge is 0.492 e. The summed E-state index contributed by atoms with van der Waals surface area (Å²) >= 11 is 3.38. The Morgan fingerprint density at radius 3 is 2.62 bits per heavy atom. The molecule has 1 aromatic carbocycles. The molecule has 2 rings (SSSR count). The summed E-state index contributed by atoms with van der Waals surface area (Å²) in [6.07, 6.45) is -0.222. The summed E-state index contributed by atoms with van der Waals surface area (Å²) in [7, 11) is -1.84. The van der Waals surface area contributed by atoms with Crippen LogP contribution in [0.15, 0.2) is 39.4 Å². The SMILES string of the molecule is CCOC(=O)C1=C(C)OC(N)=C(C#N)C1c1cc(Br)c(OC(C)C)c(B(O)O)c1. The highest BCUT2D eigenvalue weighted by Gasteiger charge is 2.37. The normalized spacial score (nSPS) is 16.4. The summed E-state index contributed by atoms with van der Waals surface area (Å²) in [5.41, 5.74) is 6.51. The first-order valence-corrected chi connectivity index (χ1v) is 9.73. The molecule has 1 atom stereocenters. The van der Waals surface area contributed by atoms with Gasteiger partial charge in [-0.25, -0.2) is 4.79 Å². The Bertz CT molecular complexity index is 920. The molecule has 1 heterocycles. The average Bonchev–Trinajstić information content (AvgIpc) is 2.62. The smallest absolute Gasteiger partial charge is 0.490 e. The van der Waals surface area contributed by atoms with Gasteiger partial charge >= 0.3 is 13.1 Å². The number of nitriles is 1. The summed E-state index contributed by atoms with van der Waals surface area (Å²) in [5, 5.41) is 29.4. The van der Waals surface area contributed by atoms with Crippen molar-refractivity contribution in [2.24, 2.45) is 5.73 Å². The lowest BCUT2D eigenvalue weighted by molar-refractivity contribution is -0.139. The second-order valence-electron chi connectivity index (χ2n) is 6.58. The van der Waals surface area contributed by atoms with Gasteiger partial charge in [-0.3, -0.25) is 0 Å². The molecule has 154 valence electrons. The number of carbonyl (C=O) groups excluding carboxylic acids is 1. The molecule has 1 aliphatic heterocycles. The molecule has 4 N–H and O–H groups in total. The topological polar surface area (TPSA) is 135 Å². The van der Waals surface area contributed by atoms with Crippen LogP contribution < -0.4 is 15.9 Å². The zero-order valence-corrected chi connectivity index (χ0v) is 18.1. The first-order chi connectivity index (χ1) is 13.6. The van der Waals surface area contributed by atoms with E-state index in [4.69, 9.17) is 19.9 Å². The van der Waals surface area contributed by atoms with Crippen LogP contribution >= 0.6 is 15.9 Å². The minimum Gasteiger partial charge on any atom is -0.490 e. The third-order valence-corrected chi connectivity index (χ3v) is 4.75. The van der Waals surface area contributed by atoms with Crippen molar-refractivity contribution < 1.29 is 29.1 Å². The number of halogens is 1. The number of carbonyl (C=O) groups is 1. The van der Waals surface area contributed by atoms with Gasteiger partial charge in [0.05, 0.1) is 28.7 Å². The van der Waals surface area contributed by atoms with Gasteiger partial charge in [-0.15, -0.1) is 0 Å². The van der Waals surface area contributed by atoms with E-state index in [9.17, 15) is 20.1 Å². The monoisotopic (exact) mass is 464 g/mol. The Kier molecular flexibility index (Phi) is 7.35. The van der Waals surface area contributed by atoms with Gasteiger partial charge in [0.15, 0.2) is 0 Å². The minimum atomic E-state index is -1.84. The first-order valence-electron chi connectivity index (χ1n) is 8.93. The third-order valence-electron chi connectivity index (χ3n) is 4.16. The highest BCUT2D eigenvalue weighted by Crippen LogP contribution is 2.41. The fourth-order valence-corrected chi connectivity index (χ4v) is 3.63. The van der Waals surface area contributed by atoms with E-state index >= 15 is 0 Å². The van der Waals surface area contributed by atoms with Crippen molar-refractivity contribution in [3.8, 4) is 11.8 Å². The Morgan fingerprint density at radius 1 is 1.45 bits per heavy atom. The molecule has 0 radical (unpaired) electrons. The number of nitrogens with zero attached hydrogens (tertiary/aromatic N) is 1. The van der Waals surface area contributed by atoms with Crippen LogP contribution in [0.1, 0.15) is 39.2 Å². The Balaban J connectivity index is 2.74. The molecule has 0 amide bonds. The van der Waals surface area contributed by atoms with Crippen molar-refractivity contribution >= 4 is 34.5 Å². The van der Waals surface area contributed by atoms with Crippen LogP contribution in [0.2, 0.25) is 0 Å². The summed E-state index contributed by atoms with van der Waals surface area (Å²) in [6.45, 7) is 6.95. The van der Waals surface area contributed by atoms with Gasteiger partial charge in [0.25, 0.3) is 0 Å². The molecular formula is C19H22BBrN2O6. The molecule has 0 aromatic heterocycles. The summed E-state index contributed by atoms with van der Waals surface area (Å²) in [4.78, 5) is 12.6. The van der Waals surface area contributed by atoms with Gasteiger partial charge in [0.2, 0.25) is 5.88 Å². The first kappa shape index (κ1) is 22.8. The molecule has 0 aliphatic carbocycles. The van der Waals surface area contributed by atoms with Crippen molar-refractivity contribution in [3.63, 3.8) is 0 Å². The number of rotatable bonds is 6. The van der Waals surface area contributed by atoms with Crippen molar-refractivity contribution in [3.05, 3.63) is 45.0 Å². The molecule has 0 fully saturated rings. The molecular weight excluding hydrogens is 443 g/mol. The van der Waals surface area contributed by atoms with Crippen LogP contribution in [-0.4, -0.2) is 35.8 Å². The van der Waals surface area contributed by atoms with E-state index in [2.05, 4.69) is 15.9 Å². The molecule has 0 spiro atoms. The maximum Gasteiger partial charge on any atom is 0.492 e. The highest BCUT2D eigenvalue weighted by atomic mass is 79.9. The van der Waals surface area contributed by atoms with Crippen molar-refractivity contribution in [1.29, 1.82) is 5.26 Å². The van der Waals surface area contributed by atoms with Crippen molar-refractivity contribution in [2.75, 3.05) is 6.61 Å². The second kappa shape index (κ2) is 9.35. The van der Waals surface area contributed by atoms with Gasteiger partial charge < -0.3 is 30.0 Å². The molecule has 0 saturated carbocycles. The second-order valence-corrected chi connectivity index (χ2v) is 7.43. The van der Waals surface area contributed by atoms with Crippen LogP contribution in [-0.2, 0) is 14.3 Å². The Labute approximate surface area is 177 Å². The van der Waals surface area contributed by atoms with E-state index in [1.54, 1.807) is 33.8 Å². The van der Waals surface area contributed by atoms with Gasteiger partial charge in [0.1, 0.15) is 23.2 Å². The number of hydrogen-bond donors (Lipinski definition) is 3. The minimum absolute atomic E-state index is 0.0152. The van der Waals surface area contributed by atoms with Crippen LogP contribution in [0.5, 0.6) is 5.75 Å². The molecule has 0 saturated heterocycles. The average molecular weight is 465 g/mol. The molecule has 1 aromatic rings. The van der Waals surface area contributed by atoms with Crippen LogP contribution in [0.25, 0.3) is 0 Å². The molecule has 29 heavy (non-hydrogen) atoms. The lowest BCUT2D eigenvalue weighted by atomic mass is 9.75. The zero-order valence-electron chi connectivity index (χ0n) is 16.5. The van der Waals surface area contributed by atoms with Crippen LogP contribution in [0.3, 0.4) is 0 Å². The molecule has 0 bridgehead atoms. The van der Waals surface area contributed by atoms with Crippen molar-refractivity contribution in [1.82, 2.24) is 0 Å². The molecule has 1 unspecified atom stereocenters. The predicted molar refractivity (Wildman–Crippen MR) is 110 cm³/mol. The maximum absolute atomic E-state index is 12.6. The van der Waals surface area contributed by atoms with E-state index in [-0.39, 0.29) is 46.7 Å². The molecule has 1 aliphatic rings. The summed E-state index contributed by atoms with van der Waals surface area (Å²) < 4.78 is 16.6. The van der Waals surface area contributed by atoms with E-state index in [1.807, 2.05) is 6.07 Å². The number of nitrogens with two attached hydrogens (primary N) is 1. The Morgan fingerprint density at radius 2 is 2.10 bits per heavy atom. The summed E-state index contributed by atoms with van der Waals surface area (Å²) in [5.74, 6) is -1.24. The van der Waals surface area contributed by atoms with Gasteiger partial charge in [-0.1, -0.05) is 6.07 Å². The van der Waals surface area contributed by atoms with Gasteiger partial charge in [-0.05, 0) is 55.3 Å². The quantitative estimate of drug-likeness (QED) is 0.426. The predicted octanol–water partition coefficient (Wildman–Crippen LogP) is 1.56. The van der Waals surface area contributed by atoms with Gasteiger partial charge in [-0.2, -0.15) is 5.26 Å². The highest BCUT2D eigenvalue weighted by molar-refractivity contribution is 9.10. The van der Waals surface area contributed by atoms with Gasteiger partial charge in [0, 0.05) is 5.46 Å². The maximum atomic E-state index is 12.6. The molecule has 8 nitrogen and oxygen atoms in total. The zero-order chi connectivity index (χ0) is 21.9. The van der Waals surface area contributed by atoms with E-state index in [0.29, 0.717) is 10.0 Å².